The summed E-state index contributed by atoms with van der Waals surface area (Å²) in [4.78, 5) is 24.0. The molecule has 0 bridgehead atoms. The van der Waals surface area contributed by atoms with Gasteiger partial charge < -0.3 is 14.5 Å². The second-order valence-corrected chi connectivity index (χ2v) is 4.34. The molecule has 1 amide bonds. The Bertz CT molecular complexity index is 482. The van der Waals surface area contributed by atoms with Crippen LogP contribution in [-0.2, 0) is 4.79 Å². The van der Waals surface area contributed by atoms with E-state index in [4.69, 9.17) is 4.74 Å². The third-order valence-corrected chi connectivity index (χ3v) is 3.19. The molecule has 6 nitrogen and oxygen atoms in total. The molecule has 0 saturated carbocycles. The number of hydrogen-bond acceptors (Lipinski definition) is 5. The zero-order valence-electron chi connectivity index (χ0n) is 11.3. The van der Waals surface area contributed by atoms with E-state index in [1.54, 1.807) is 18.2 Å². The van der Waals surface area contributed by atoms with Crippen LogP contribution in [0.3, 0.4) is 0 Å². The summed E-state index contributed by atoms with van der Waals surface area (Å²) in [5.41, 5.74) is 0.817. The Hall–Kier alpha value is -2.11. The number of methoxy groups -OCH3 is 1. The second-order valence-electron chi connectivity index (χ2n) is 4.34. The predicted molar refractivity (Wildman–Crippen MR) is 72.3 cm³/mol. The number of carbonyl (C=O) groups excluding carboxylic acids is 1. The first-order valence-corrected chi connectivity index (χ1v) is 6.19. The summed E-state index contributed by atoms with van der Waals surface area (Å²) < 4.78 is 5.14. The lowest BCUT2D eigenvalue weighted by atomic mass is 10.3. The monoisotopic (exact) mass is 262 g/mol. The van der Waals surface area contributed by atoms with Crippen LogP contribution in [0.15, 0.2) is 18.9 Å². The molecule has 1 aliphatic rings. The summed E-state index contributed by atoms with van der Waals surface area (Å²) in [6.07, 6.45) is 3.03. The molecule has 0 aliphatic carbocycles. The van der Waals surface area contributed by atoms with Crippen molar-refractivity contribution in [2.45, 2.75) is 6.92 Å². The Kier molecular flexibility index (Phi) is 3.99. The first-order valence-electron chi connectivity index (χ1n) is 6.19. The Morgan fingerprint density at radius 1 is 1.42 bits per heavy atom. The Morgan fingerprint density at radius 3 is 2.63 bits per heavy atom. The van der Waals surface area contributed by atoms with Crippen LogP contribution in [0.4, 0.5) is 5.95 Å². The van der Waals surface area contributed by atoms with Crippen LogP contribution in [-0.4, -0.2) is 54.1 Å². The van der Waals surface area contributed by atoms with Crippen LogP contribution in [0.2, 0.25) is 0 Å². The van der Waals surface area contributed by atoms with Gasteiger partial charge in [-0.05, 0) is 13.0 Å². The molecule has 1 fully saturated rings. The maximum atomic E-state index is 11.5. The summed E-state index contributed by atoms with van der Waals surface area (Å²) in [6.45, 7) is 8.18. The normalized spacial score (nSPS) is 15.3. The third kappa shape index (κ3) is 2.83. The van der Waals surface area contributed by atoms with Gasteiger partial charge in [-0.2, -0.15) is 0 Å². The van der Waals surface area contributed by atoms with Gasteiger partial charge in [-0.15, -0.1) is 0 Å². The lowest BCUT2D eigenvalue weighted by Crippen LogP contribution is -2.48. The number of hydrogen-bond donors (Lipinski definition) is 0. The van der Waals surface area contributed by atoms with E-state index in [0.29, 0.717) is 24.8 Å². The van der Waals surface area contributed by atoms with Gasteiger partial charge in [0.15, 0.2) is 5.75 Å². The molecule has 2 heterocycles. The number of aromatic nitrogens is 2. The summed E-state index contributed by atoms with van der Waals surface area (Å²) >= 11 is 0. The third-order valence-electron chi connectivity index (χ3n) is 3.19. The van der Waals surface area contributed by atoms with E-state index in [1.807, 2.05) is 6.92 Å². The van der Waals surface area contributed by atoms with Crippen LogP contribution >= 0.6 is 0 Å². The van der Waals surface area contributed by atoms with Crippen molar-refractivity contribution in [3.05, 3.63) is 24.5 Å². The van der Waals surface area contributed by atoms with Crippen LogP contribution in [0.1, 0.15) is 5.69 Å². The molecule has 1 aliphatic heterocycles. The molecule has 0 aromatic carbocycles. The molecule has 1 saturated heterocycles. The van der Waals surface area contributed by atoms with Gasteiger partial charge in [0.25, 0.3) is 0 Å². The second kappa shape index (κ2) is 5.69. The lowest BCUT2D eigenvalue weighted by Gasteiger charge is -2.34. The van der Waals surface area contributed by atoms with Crippen molar-refractivity contribution in [3.8, 4) is 5.75 Å². The number of piperazine rings is 1. The molecule has 1 aromatic heterocycles. The standard InChI is InChI=1S/C13H18N4O2/c1-4-12(18)16-5-7-17(8-6-16)13-14-9-11(19-3)10(2)15-13/h4,9H,1,5-8H2,2-3H3. The van der Waals surface area contributed by atoms with Gasteiger partial charge in [0.1, 0.15) is 0 Å². The van der Waals surface area contributed by atoms with Gasteiger partial charge >= 0.3 is 0 Å². The highest BCUT2D eigenvalue weighted by Crippen LogP contribution is 2.18. The fraction of sp³-hybridized carbons (Fsp3) is 0.462. The van der Waals surface area contributed by atoms with E-state index in [9.17, 15) is 4.79 Å². The number of anilines is 1. The molecular formula is C13H18N4O2. The minimum absolute atomic E-state index is 0.0218. The van der Waals surface area contributed by atoms with Gasteiger partial charge in [0.05, 0.1) is 19.0 Å². The van der Waals surface area contributed by atoms with Crippen molar-refractivity contribution in [2.75, 3.05) is 38.2 Å². The van der Waals surface area contributed by atoms with Crippen molar-refractivity contribution in [1.82, 2.24) is 14.9 Å². The van der Waals surface area contributed by atoms with Gasteiger partial charge in [-0.25, -0.2) is 9.97 Å². The zero-order valence-corrected chi connectivity index (χ0v) is 11.3. The molecule has 1 aromatic rings. The van der Waals surface area contributed by atoms with E-state index in [0.717, 1.165) is 18.8 Å². The molecule has 6 heteroatoms. The minimum Gasteiger partial charge on any atom is -0.493 e. The van der Waals surface area contributed by atoms with Gasteiger partial charge in [0, 0.05) is 26.2 Å². The SMILES string of the molecule is C=CC(=O)N1CCN(c2ncc(OC)c(C)n2)CC1. The van der Waals surface area contributed by atoms with Crippen molar-refractivity contribution in [3.63, 3.8) is 0 Å². The summed E-state index contributed by atoms with van der Waals surface area (Å²) in [7, 11) is 1.60. The van der Waals surface area contributed by atoms with E-state index < -0.39 is 0 Å². The summed E-state index contributed by atoms with van der Waals surface area (Å²) in [5, 5.41) is 0. The average molecular weight is 262 g/mol. The number of aryl methyl sites for hydroxylation is 1. The van der Waals surface area contributed by atoms with E-state index in [1.165, 1.54) is 6.08 Å². The quantitative estimate of drug-likeness (QED) is 0.748. The minimum atomic E-state index is -0.0218. The molecule has 0 spiro atoms. The lowest BCUT2D eigenvalue weighted by molar-refractivity contribution is -0.126. The molecule has 19 heavy (non-hydrogen) atoms. The highest BCUT2D eigenvalue weighted by atomic mass is 16.5. The number of nitrogens with zero attached hydrogens (tertiary/aromatic N) is 4. The molecule has 0 radical (unpaired) electrons. The first kappa shape index (κ1) is 13.3. The Balaban J connectivity index is 2.03. The fourth-order valence-corrected chi connectivity index (χ4v) is 2.05. The molecule has 0 unspecified atom stereocenters. The highest BCUT2D eigenvalue weighted by molar-refractivity contribution is 5.87. The zero-order chi connectivity index (χ0) is 13.8. The van der Waals surface area contributed by atoms with E-state index >= 15 is 0 Å². The Morgan fingerprint density at radius 2 is 2.11 bits per heavy atom. The number of amides is 1. The van der Waals surface area contributed by atoms with E-state index in [2.05, 4.69) is 21.4 Å². The van der Waals surface area contributed by atoms with E-state index in [-0.39, 0.29) is 5.91 Å². The van der Waals surface area contributed by atoms with Crippen LogP contribution in [0, 0.1) is 6.92 Å². The van der Waals surface area contributed by atoms with Crippen LogP contribution in [0.5, 0.6) is 5.75 Å². The van der Waals surface area contributed by atoms with Crippen molar-refractivity contribution < 1.29 is 9.53 Å². The number of rotatable bonds is 3. The Labute approximate surface area is 112 Å². The van der Waals surface area contributed by atoms with Gasteiger partial charge in [-0.1, -0.05) is 6.58 Å². The number of carbonyl (C=O) groups is 1. The fourth-order valence-electron chi connectivity index (χ4n) is 2.05. The number of ether oxygens (including phenoxy) is 1. The summed E-state index contributed by atoms with van der Waals surface area (Å²) in [5.74, 6) is 1.35. The molecule has 0 atom stereocenters. The predicted octanol–water partition coefficient (Wildman–Crippen LogP) is 0.628. The highest BCUT2D eigenvalue weighted by Gasteiger charge is 2.21. The molecule has 2 rings (SSSR count). The maximum Gasteiger partial charge on any atom is 0.246 e. The van der Waals surface area contributed by atoms with Crippen molar-refractivity contribution in [1.29, 1.82) is 0 Å². The average Bonchev–Trinajstić information content (AvgIpc) is 2.46. The molecule has 0 N–H and O–H groups in total. The van der Waals surface area contributed by atoms with Gasteiger partial charge in [0.2, 0.25) is 11.9 Å². The maximum absolute atomic E-state index is 11.5. The smallest absolute Gasteiger partial charge is 0.246 e. The summed E-state index contributed by atoms with van der Waals surface area (Å²) in [6, 6.07) is 0. The van der Waals surface area contributed by atoms with Gasteiger partial charge in [-0.3, -0.25) is 4.79 Å². The molecule has 102 valence electrons. The van der Waals surface area contributed by atoms with Crippen LogP contribution < -0.4 is 9.64 Å². The van der Waals surface area contributed by atoms with Crippen molar-refractivity contribution >= 4 is 11.9 Å². The van der Waals surface area contributed by atoms with Crippen molar-refractivity contribution in [2.24, 2.45) is 0 Å². The molecular weight excluding hydrogens is 244 g/mol. The largest absolute Gasteiger partial charge is 0.493 e. The van der Waals surface area contributed by atoms with Crippen LogP contribution in [0.25, 0.3) is 0 Å². The topological polar surface area (TPSA) is 58.6 Å². The first-order chi connectivity index (χ1) is 9.15.